The summed E-state index contributed by atoms with van der Waals surface area (Å²) in [6, 6.07) is 17.2. The third-order valence-corrected chi connectivity index (χ3v) is 5.91. The van der Waals surface area contributed by atoms with Crippen LogP contribution in [0.15, 0.2) is 72.4 Å². The van der Waals surface area contributed by atoms with Gasteiger partial charge in [0.05, 0.1) is 17.9 Å². The van der Waals surface area contributed by atoms with Crippen molar-refractivity contribution >= 4 is 23.1 Å². The number of Topliss-reactive ketones (excluding diaryl/α,β-unsaturated/α-hetero) is 1. The molecule has 0 saturated carbocycles. The summed E-state index contributed by atoms with van der Waals surface area (Å²) < 4.78 is 5.66. The molecule has 1 fully saturated rings. The van der Waals surface area contributed by atoms with Crippen molar-refractivity contribution in [2.24, 2.45) is 0 Å². The first kappa shape index (κ1) is 20.0. The van der Waals surface area contributed by atoms with Crippen LogP contribution in [0.4, 0.5) is 5.69 Å². The lowest BCUT2D eigenvalue weighted by atomic mass is 9.96. The van der Waals surface area contributed by atoms with Crippen molar-refractivity contribution in [1.82, 2.24) is 4.98 Å². The van der Waals surface area contributed by atoms with Crippen molar-refractivity contribution in [3.8, 4) is 5.75 Å². The Morgan fingerprint density at radius 2 is 1.91 bits per heavy atom. The lowest BCUT2D eigenvalue weighted by Gasteiger charge is -2.25. The van der Waals surface area contributed by atoms with Gasteiger partial charge in [0.25, 0.3) is 11.7 Å². The average Bonchev–Trinajstić information content (AvgIpc) is 3.10. The van der Waals surface area contributed by atoms with Crippen LogP contribution < -0.4 is 9.64 Å². The number of benzene rings is 2. The van der Waals surface area contributed by atoms with Gasteiger partial charge in [0.1, 0.15) is 17.6 Å². The Bertz CT molecular complexity index is 1230. The van der Waals surface area contributed by atoms with Crippen LogP contribution in [0.2, 0.25) is 0 Å². The first-order valence-electron chi connectivity index (χ1n) is 10.6. The molecule has 6 heteroatoms. The molecule has 1 aromatic heterocycles. The molecule has 5 rings (SSSR count). The highest BCUT2D eigenvalue weighted by molar-refractivity contribution is 6.51. The Hall–Kier alpha value is -3.93. The number of aryl methyl sites for hydroxylation is 2. The van der Waals surface area contributed by atoms with Crippen LogP contribution in [0.5, 0.6) is 5.75 Å². The van der Waals surface area contributed by atoms with E-state index in [2.05, 4.69) is 4.98 Å². The molecule has 1 amide bonds. The van der Waals surface area contributed by atoms with Gasteiger partial charge in [0.15, 0.2) is 0 Å². The molecule has 1 N–H and O–H groups in total. The van der Waals surface area contributed by atoms with Crippen LogP contribution in [-0.4, -0.2) is 28.4 Å². The van der Waals surface area contributed by atoms with E-state index in [9.17, 15) is 14.7 Å². The summed E-state index contributed by atoms with van der Waals surface area (Å²) in [5.74, 6) is -0.837. The molecule has 2 aliphatic rings. The number of ketones is 1. The van der Waals surface area contributed by atoms with E-state index in [-0.39, 0.29) is 11.3 Å². The number of anilines is 1. The average molecular weight is 426 g/mol. The van der Waals surface area contributed by atoms with Crippen LogP contribution >= 0.6 is 0 Å². The minimum absolute atomic E-state index is 0.0333. The maximum Gasteiger partial charge on any atom is 0.300 e. The van der Waals surface area contributed by atoms with E-state index < -0.39 is 17.7 Å². The fourth-order valence-corrected chi connectivity index (χ4v) is 4.28. The number of amides is 1. The van der Waals surface area contributed by atoms with E-state index in [0.717, 1.165) is 29.7 Å². The molecule has 0 radical (unpaired) electrons. The van der Waals surface area contributed by atoms with Gasteiger partial charge in [-0.1, -0.05) is 23.8 Å². The summed E-state index contributed by atoms with van der Waals surface area (Å²) in [5, 5.41) is 11.3. The highest BCUT2D eigenvalue weighted by atomic mass is 16.5. The lowest BCUT2D eigenvalue weighted by molar-refractivity contribution is -0.132. The van der Waals surface area contributed by atoms with Crippen LogP contribution in [0.3, 0.4) is 0 Å². The molecule has 3 heterocycles. The Morgan fingerprint density at radius 3 is 2.66 bits per heavy atom. The topological polar surface area (TPSA) is 79.7 Å². The second kappa shape index (κ2) is 7.96. The molecule has 0 aliphatic carbocycles. The molecule has 2 aromatic carbocycles. The standard InChI is InChI=1S/C26H22N2O4/c1-16-7-10-19(11-8-16)28-23(20-6-2-3-13-27-20)22(25(30)26(28)31)24(29)18-9-12-21-17(15-18)5-4-14-32-21/h2-3,6-13,15,23,29H,4-5,14H2,1H3/b24-22-. The monoisotopic (exact) mass is 426 g/mol. The van der Waals surface area contributed by atoms with Crippen LogP contribution in [0.1, 0.15) is 34.8 Å². The molecule has 2 aliphatic heterocycles. The van der Waals surface area contributed by atoms with Crippen molar-refractivity contribution in [3.05, 3.63) is 94.8 Å². The van der Waals surface area contributed by atoms with Gasteiger partial charge >= 0.3 is 0 Å². The van der Waals surface area contributed by atoms with Gasteiger partial charge in [-0.2, -0.15) is 0 Å². The fraction of sp³-hybridized carbons (Fsp3) is 0.192. The highest BCUT2D eigenvalue weighted by Crippen LogP contribution is 2.42. The number of carbonyl (C=O) groups is 2. The van der Waals surface area contributed by atoms with E-state index >= 15 is 0 Å². The van der Waals surface area contributed by atoms with E-state index in [1.54, 1.807) is 48.7 Å². The first-order chi connectivity index (χ1) is 15.5. The summed E-state index contributed by atoms with van der Waals surface area (Å²) in [7, 11) is 0. The summed E-state index contributed by atoms with van der Waals surface area (Å²) in [5.41, 5.74) is 3.61. The zero-order valence-corrected chi connectivity index (χ0v) is 17.6. The number of pyridine rings is 1. The van der Waals surface area contributed by atoms with Gasteiger partial charge in [-0.3, -0.25) is 19.5 Å². The third-order valence-electron chi connectivity index (χ3n) is 5.91. The number of rotatable bonds is 3. The maximum absolute atomic E-state index is 13.2. The largest absolute Gasteiger partial charge is 0.507 e. The Labute approximate surface area is 185 Å². The van der Waals surface area contributed by atoms with Crippen molar-refractivity contribution in [1.29, 1.82) is 0 Å². The van der Waals surface area contributed by atoms with Gasteiger partial charge in [-0.25, -0.2) is 0 Å². The Morgan fingerprint density at radius 1 is 1.09 bits per heavy atom. The number of fused-ring (bicyclic) bond motifs is 1. The molecule has 0 bridgehead atoms. The summed E-state index contributed by atoms with van der Waals surface area (Å²) in [6.45, 7) is 2.62. The van der Waals surface area contributed by atoms with Crippen molar-refractivity contribution in [2.75, 3.05) is 11.5 Å². The predicted molar refractivity (Wildman–Crippen MR) is 120 cm³/mol. The molecule has 0 spiro atoms. The van der Waals surface area contributed by atoms with Gasteiger partial charge in [0, 0.05) is 17.4 Å². The van der Waals surface area contributed by atoms with Gasteiger partial charge in [-0.05, 0) is 67.8 Å². The van der Waals surface area contributed by atoms with E-state index in [1.807, 2.05) is 25.1 Å². The highest BCUT2D eigenvalue weighted by Gasteiger charge is 2.47. The second-order valence-corrected chi connectivity index (χ2v) is 8.03. The molecule has 1 saturated heterocycles. The molecule has 3 aromatic rings. The normalized spacial score (nSPS) is 19.5. The number of hydrogen-bond donors (Lipinski definition) is 1. The third kappa shape index (κ3) is 3.34. The molecule has 160 valence electrons. The SMILES string of the molecule is Cc1ccc(N2C(=O)C(=O)/C(=C(\O)c3ccc4c(c3)CCCO4)C2c2ccccn2)cc1. The number of aromatic nitrogens is 1. The smallest absolute Gasteiger partial charge is 0.300 e. The van der Waals surface area contributed by atoms with Crippen LogP contribution in [0.25, 0.3) is 5.76 Å². The zero-order chi connectivity index (χ0) is 22.2. The summed E-state index contributed by atoms with van der Waals surface area (Å²) >= 11 is 0. The zero-order valence-electron chi connectivity index (χ0n) is 17.6. The number of aliphatic hydroxyl groups excluding tert-OH is 1. The number of nitrogens with zero attached hydrogens (tertiary/aromatic N) is 2. The van der Waals surface area contributed by atoms with Crippen molar-refractivity contribution < 1.29 is 19.4 Å². The molecule has 1 atom stereocenters. The van der Waals surface area contributed by atoms with Crippen molar-refractivity contribution in [2.45, 2.75) is 25.8 Å². The van der Waals surface area contributed by atoms with E-state index in [4.69, 9.17) is 4.74 Å². The van der Waals surface area contributed by atoms with E-state index in [0.29, 0.717) is 23.6 Å². The van der Waals surface area contributed by atoms with Crippen LogP contribution in [0, 0.1) is 6.92 Å². The van der Waals surface area contributed by atoms with Crippen LogP contribution in [-0.2, 0) is 16.0 Å². The number of ether oxygens (including phenoxy) is 1. The van der Waals surface area contributed by atoms with Gasteiger partial charge in [-0.15, -0.1) is 0 Å². The number of aliphatic hydroxyl groups is 1. The van der Waals surface area contributed by atoms with Crippen molar-refractivity contribution in [3.63, 3.8) is 0 Å². The molecule has 6 nitrogen and oxygen atoms in total. The lowest BCUT2D eigenvalue weighted by Crippen LogP contribution is -2.29. The minimum atomic E-state index is -0.828. The molecule has 1 unspecified atom stereocenters. The first-order valence-corrected chi connectivity index (χ1v) is 10.6. The molecule has 32 heavy (non-hydrogen) atoms. The predicted octanol–water partition coefficient (Wildman–Crippen LogP) is 4.34. The van der Waals surface area contributed by atoms with Gasteiger partial charge < -0.3 is 9.84 Å². The molecular formula is C26H22N2O4. The fourth-order valence-electron chi connectivity index (χ4n) is 4.28. The summed E-state index contributed by atoms with van der Waals surface area (Å²) in [4.78, 5) is 32.1. The number of carbonyl (C=O) groups excluding carboxylic acids is 2. The molecular weight excluding hydrogens is 404 g/mol. The quantitative estimate of drug-likeness (QED) is 0.383. The van der Waals surface area contributed by atoms with Gasteiger partial charge in [0.2, 0.25) is 0 Å². The van der Waals surface area contributed by atoms with E-state index in [1.165, 1.54) is 4.90 Å². The second-order valence-electron chi connectivity index (χ2n) is 8.03. The minimum Gasteiger partial charge on any atom is -0.507 e. The Balaban J connectivity index is 1.68. The maximum atomic E-state index is 13.2. The number of hydrogen-bond acceptors (Lipinski definition) is 5. The summed E-state index contributed by atoms with van der Waals surface area (Å²) in [6.07, 6.45) is 3.33. The Kier molecular flexibility index (Phi) is 4.98.